The molecule has 0 radical (unpaired) electrons. The molecule has 1 unspecified atom stereocenters. The maximum absolute atomic E-state index is 13.5. The summed E-state index contributed by atoms with van der Waals surface area (Å²) in [4.78, 5) is 17.8. The molecule has 1 aromatic heterocycles. The molecule has 34 heavy (non-hydrogen) atoms. The van der Waals surface area contributed by atoms with Crippen molar-refractivity contribution in [3.05, 3.63) is 65.5 Å². The summed E-state index contributed by atoms with van der Waals surface area (Å²) in [5, 5.41) is 8.77. The Morgan fingerprint density at radius 1 is 1.18 bits per heavy atom. The molecular formula is C28H39N5O. The summed E-state index contributed by atoms with van der Waals surface area (Å²) in [6.45, 7) is 8.98. The van der Waals surface area contributed by atoms with Crippen molar-refractivity contribution in [2.24, 2.45) is 0 Å². The number of likely N-dealkylation sites (N-methyl/N-ethyl adjacent to an activating group) is 1. The van der Waals surface area contributed by atoms with Crippen LogP contribution >= 0.6 is 0 Å². The molecule has 0 spiro atoms. The summed E-state index contributed by atoms with van der Waals surface area (Å²) in [6, 6.07) is 11.5. The number of fused-ring (bicyclic) bond motifs is 1. The van der Waals surface area contributed by atoms with E-state index in [4.69, 9.17) is 5.10 Å². The van der Waals surface area contributed by atoms with Gasteiger partial charge in [-0.3, -0.25) is 9.48 Å². The predicted molar refractivity (Wildman–Crippen MR) is 136 cm³/mol. The second kappa shape index (κ2) is 10.0. The number of hydrogen-bond acceptors (Lipinski definition) is 4. The second-order valence-corrected chi connectivity index (χ2v) is 10.5. The smallest absolute Gasteiger partial charge is 0.274 e. The lowest BCUT2D eigenvalue weighted by Crippen LogP contribution is -2.47. The zero-order valence-corrected chi connectivity index (χ0v) is 20.6. The van der Waals surface area contributed by atoms with Crippen LogP contribution in [0.4, 0.5) is 0 Å². The fourth-order valence-corrected chi connectivity index (χ4v) is 6.22. The summed E-state index contributed by atoms with van der Waals surface area (Å²) in [6.07, 6.45) is 9.94. The van der Waals surface area contributed by atoms with E-state index < -0.39 is 0 Å². The van der Waals surface area contributed by atoms with Crippen LogP contribution in [0.3, 0.4) is 0 Å². The van der Waals surface area contributed by atoms with Crippen LogP contribution in [0.25, 0.3) is 0 Å². The molecule has 3 aliphatic rings. The number of piperazine rings is 1. The maximum Gasteiger partial charge on any atom is 0.274 e. The Balaban J connectivity index is 1.33. The van der Waals surface area contributed by atoms with Gasteiger partial charge in [-0.25, -0.2) is 0 Å². The number of carbonyl (C=O) groups is 1. The highest BCUT2D eigenvalue weighted by Gasteiger charge is 2.37. The highest BCUT2D eigenvalue weighted by Crippen LogP contribution is 2.41. The van der Waals surface area contributed by atoms with Gasteiger partial charge in [-0.1, -0.05) is 49.2 Å². The lowest BCUT2D eigenvalue weighted by atomic mass is 9.78. The van der Waals surface area contributed by atoms with Crippen LogP contribution < -0.4 is 5.32 Å². The Kier molecular flexibility index (Phi) is 6.89. The highest BCUT2D eigenvalue weighted by molar-refractivity contribution is 5.94. The van der Waals surface area contributed by atoms with Gasteiger partial charge in [-0.15, -0.1) is 6.58 Å². The van der Waals surface area contributed by atoms with Gasteiger partial charge >= 0.3 is 0 Å². The Morgan fingerprint density at radius 3 is 2.62 bits per heavy atom. The third-order valence-corrected chi connectivity index (χ3v) is 8.32. The fourth-order valence-electron chi connectivity index (χ4n) is 6.22. The minimum Gasteiger partial charge on any atom is -0.335 e. The third-order valence-electron chi connectivity index (χ3n) is 8.32. The monoisotopic (exact) mass is 461 g/mol. The maximum atomic E-state index is 13.5. The number of allylic oxidation sites excluding steroid dienone is 1. The van der Waals surface area contributed by atoms with Crippen LogP contribution in [0.5, 0.6) is 0 Å². The van der Waals surface area contributed by atoms with E-state index >= 15 is 0 Å². The summed E-state index contributed by atoms with van der Waals surface area (Å²) >= 11 is 0. The average Bonchev–Trinajstić information content (AvgIpc) is 3.49. The first-order chi connectivity index (χ1) is 16.6. The van der Waals surface area contributed by atoms with Crippen LogP contribution in [0.1, 0.15) is 59.4 Å². The molecule has 1 aliphatic heterocycles. The number of carbonyl (C=O) groups excluding carboxylic acids is 1. The Bertz CT molecular complexity index is 999. The van der Waals surface area contributed by atoms with Crippen molar-refractivity contribution in [1.82, 2.24) is 24.9 Å². The minimum atomic E-state index is 0.101. The van der Waals surface area contributed by atoms with Crippen LogP contribution in [0, 0.1) is 0 Å². The van der Waals surface area contributed by atoms with E-state index in [9.17, 15) is 4.79 Å². The summed E-state index contributed by atoms with van der Waals surface area (Å²) in [7, 11) is 2.12. The van der Waals surface area contributed by atoms with Crippen LogP contribution in [-0.2, 0) is 24.8 Å². The molecule has 1 saturated carbocycles. The fraction of sp³-hybridized carbons (Fsp3) is 0.571. The molecule has 2 aliphatic carbocycles. The number of aromatic nitrogens is 2. The van der Waals surface area contributed by atoms with E-state index in [0.29, 0.717) is 18.3 Å². The molecule has 0 bridgehead atoms. The zero-order valence-electron chi connectivity index (χ0n) is 20.6. The van der Waals surface area contributed by atoms with Gasteiger partial charge in [-0.2, -0.15) is 5.10 Å². The van der Waals surface area contributed by atoms with E-state index in [0.717, 1.165) is 57.5 Å². The quantitative estimate of drug-likeness (QED) is 0.642. The van der Waals surface area contributed by atoms with E-state index in [1.165, 1.54) is 36.9 Å². The van der Waals surface area contributed by atoms with Crippen LogP contribution in [-0.4, -0.2) is 71.3 Å². The van der Waals surface area contributed by atoms with E-state index in [1.54, 1.807) is 0 Å². The number of nitrogens with zero attached hydrogens (tertiary/aromatic N) is 4. The second-order valence-electron chi connectivity index (χ2n) is 10.5. The molecule has 2 heterocycles. The van der Waals surface area contributed by atoms with E-state index in [2.05, 4.69) is 54.2 Å². The number of benzene rings is 1. The van der Waals surface area contributed by atoms with Gasteiger partial charge in [0.25, 0.3) is 5.91 Å². The standard InChI is InChI=1S/C28H39N5O/c1-3-15-33-25-12-11-23(29-21-28(13-7-8-14-28)22-9-5-4-6-10-22)20-24(25)26(30-33)27(34)32-18-16-31(2)17-19-32/h3-6,9-10,23,29H,1,7-8,11-21H2,2H3. The predicted octanol–water partition coefficient (Wildman–Crippen LogP) is 3.42. The highest BCUT2D eigenvalue weighted by atomic mass is 16.2. The van der Waals surface area contributed by atoms with Gasteiger partial charge in [0.1, 0.15) is 0 Å². The van der Waals surface area contributed by atoms with Crippen molar-refractivity contribution < 1.29 is 4.79 Å². The van der Waals surface area contributed by atoms with Crippen molar-refractivity contribution in [3.8, 4) is 0 Å². The largest absolute Gasteiger partial charge is 0.335 e. The van der Waals surface area contributed by atoms with Gasteiger partial charge < -0.3 is 15.1 Å². The molecule has 1 atom stereocenters. The van der Waals surface area contributed by atoms with Gasteiger partial charge in [0, 0.05) is 55.4 Å². The Morgan fingerprint density at radius 2 is 1.91 bits per heavy atom. The molecule has 1 N–H and O–H groups in total. The Hall–Kier alpha value is -2.44. The molecular weight excluding hydrogens is 422 g/mol. The molecule has 1 amide bonds. The minimum absolute atomic E-state index is 0.101. The van der Waals surface area contributed by atoms with Crippen molar-refractivity contribution in [2.45, 2.75) is 62.9 Å². The molecule has 182 valence electrons. The summed E-state index contributed by atoms with van der Waals surface area (Å²) in [5.74, 6) is 0.101. The number of amides is 1. The van der Waals surface area contributed by atoms with Gasteiger partial charge in [-0.05, 0) is 44.7 Å². The molecule has 6 heteroatoms. The number of nitrogens with one attached hydrogen (secondary N) is 1. The topological polar surface area (TPSA) is 53.4 Å². The molecule has 2 fully saturated rings. The first kappa shape index (κ1) is 23.3. The number of hydrogen-bond donors (Lipinski definition) is 1. The Labute approximate surface area is 204 Å². The van der Waals surface area contributed by atoms with Crippen LogP contribution in [0.2, 0.25) is 0 Å². The van der Waals surface area contributed by atoms with E-state index in [1.807, 2.05) is 15.7 Å². The van der Waals surface area contributed by atoms with Crippen molar-refractivity contribution in [3.63, 3.8) is 0 Å². The molecule has 5 rings (SSSR count). The number of rotatable bonds is 7. The van der Waals surface area contributed by atoms with Crippen LogP contribution in [0.15, 0.2) is 43.0 Å². The van der Waals surface area contributed by atoms with Crippen molar-refractivity contribution >= 4 is 5.91 Å². The van der Waals surface area contributed by atoms with Crippen molar-refractivity contribution in [2.75, 3.05) is 39.8 Å². The third kappa shape index (κ3) is 4.58. The zero-order chi connectivity index (χ0) is 23.5. The summed E-state index contributed by atoms with van der Waals surface area (Å²) < 4.78 is 2.02. The lowest BCUT2D eigenvalue weighted by Gasteiger charge is -2.34. The molecule has 1 aromatic carbocycles. The summed E-state index contributed by atoms with van der Waals surface area (Å²) in [5.41, 5.74) is 4.78. The molecule has 6 nitrogen and oxygen atoms in total. The average molecular weight is 462 g/mol. The van der Waals surface area contributed by atoms with E-state index in [-0.39, 0.29) is 11.3 Å². The normalized spacial score (nSPS) is 22.5. The first-order valence-electron chi connectivity index (χ1n) is 13.1. The molecule has 1 saturated heterocycles. The van der Waals surface area contributed by atoms with Gasteiger partial charge in [0.15, 0.2) is 5.69 Å². The van der Waals surface area contributed by atoms with Crippen molar-refractivity contribution in [1.29, 1.82) is 0 Å². The SMILES string of the molecule is C=CCn1nc(C(=O)N2CCN(C)CC2)c2c1CCC(NCC1(c3ccccc3)CCCC1)C2. The first-order valence-corrected chi connectivity index (χ1v) is 13.1. The van der Waals surface area contributed by atoms with Gasteiger partial charge in [0.05, 0.1) is 6.54 Å². The molecule has 2 aromatic rings. The lowest BCUT2D eigenvalue weighted by molar-refractivity contribution is 0.0656. The van der Waals surface area contributed by atoms with Gasteiger partial charge in [0.2, 0.25) is 0 Å².